The van der Waals surface area contributed by atoms with Gasteiger partial charge in [0, 0.05) is 6.54 Å². The molecule has 1 fully saturated rings. The van der Waals surface area contributed by atoms with Crippen LogP contribution in [0.2, 0.25) is 0 Å². The Morgan fingerprint density at radius 3 is 2.73 bits per heavy atom. The predicted octanol–water partition coefficient (Wildman–Crippen LogP) is 2.15. The van der Waals surface area contributed by atoms with Crippen molar-refractivity contribution in [3.05, 3.63) is 30.1 Å². The van der Waals surface area contributed by atoms with Crippen LogP contribution in [0.1, 0.15) is 19.8 Å². The molecule has 1 aromatic rings. The van der Waals surface area contributed by atoms with Crippen LogP contribution in [-0.4, -0.2) is 47.6 Å². The third kappa shape index (κ3) is 3.96. The van der Waals surface area contributed by atoms with Gasteiger partial charge in [-0.05, 0) is 31.5 Å². The number of amides is 1. The lowest BCUT2D eigenvalue weighted by molar-refractivity contribution is -0.139. The first-order valence-corrected chi connectivity index (χ1v) is 7.06. The van der Waals surface area contributed by atoms with Gasteiger partial charge in [0.05, 0.1) is 18.3 Å². The van der Waals surface area contributed by atoms with E-state index in [1.54, 1.807) is 23.1 Å². The van der Waals surface area contributed by atoms with E-state index in [-0.39, 0.29) is 30.5 Å². The highest BCUT2D eigenvalue weighted by molar-refractivity contribution is 5.99. The van der Waals surface area contributed by atoms with E-state index >= 15 is 0 Å². The standard InChI is InChI=1S/C15H19FN2O3.ClH/c1-2-8-17(10-14(19)20)13-7-9-18(15(13)21)12-6-4-3-5-11(12)16;/h3-6,13H,2,7-10H2,1H3,(H,19,20);1H. The summed E-state index contributed by atoms with van der Waals surface area (Å²) < 4.78 is 13.8. The summed E-state index contributed by atoms with van der Waals surface area (Å²) in [6, 6.07) is 5.65. The largest absolute Gasteiger partial charge is 0.480 e. The summed E-state index contributed by atoms with van der Waals surface area (Å²) in [4.78, 5) is 26.5. The number of hydrogen-bond donors (Lipinski definition) is 1. The van der Waals surface area contributed by atoms with Gasteiger partial charge in [0.1, 0.15) is 5.82 Å². The Labute approximate surface area is 135 Å². The van der Waals surface area contributed by atoms with Crippen molar-refractivity contribution >= 4 is 30.0 Å². The Balaban J connectivity index is 0.00000242. The fraction of sp³-hybridized carbons (Fsp3) is 0.467. The summed E-state index contributed by atoms with van der Waals surface area (Å²) in [7, 11) is 0. The Bertz CT molecular complexity index is 541. The number of benzene rings is 1. The SMILES string of the molecule is CCCN(CC(=O)O)C1CCN(c2ccccc2F)C1=O.Cl. The van der Waals surface area contributed by atoms with Crippen LogP contribution in [-0.2, 0) is 9.59 Å². The summed E-state index contributed by atoms with van der Waals surface area (Å²) in [6.07, 6.45) is 1.28. The van der Waals surface area contributed by atoms with Crippen LogP contribution in [0, 0.1) is 5.82 Å². The number of carboxylic acid groups (broad SMARTS) is 1. The highest BCUT2D eigenvalue weighted by Crippen LogP contribution is 2.26. The lowest BCUT2D eigenvalue weighted by Crippen LogP contribution is -2.44. The zero-order valence-electron chi connectivity index (χ0n) is 12.4. The molecule has 1 unspecified atom stereocenters. The molecule has 0 radical (unpaired) electrons. The van der Waals surface area contributed by atoms with Gasteiger partial charge in [-0.3, -0.25) is 14.5 Å². The Hall–Kier alpha value is -1.66. The van der Waals surface area contributed by atoms with Crippen molar-refractivity contribution < 1.29 is 19.1 Å². The molecule has 22 heavy (non-hydrogen) atoms. The molecule has 1 amide bonds. The highest BCUT2D eigenvalue weighted by atomic mass is 35.5. The number of carbonyl (C=O) groups excluding carboxylic acids is 1. The minimum absolute atomic E-state index is 0. The summed E-state index contributed by atoms with van der Waals surface area (Å²) in [5, 5.41) is 8.96. The number of para-hydroxylation sites is 1. The molecule has 2 rings (SSSR count). The monoisotopic (exact) mass is 330 g/mol. The van der Waals surface area contributed by atoms with E-state index in [0.717, 1.165) is 6.42 Å². The average molecular weight is 331 g/mol. The molecule has 122 valence electrons. The van der Waals surface area contributed by atoms with Crippen LogP contribution in [0.25, 0.3) is 0 Å². The molecule has 0 aromatic heterocycles. The van der Waals surface area contributed by atoms with Crippen LogP contribution in [0.5, 0.6) is 0 Å². The third-order valence-electron chi connectivity index (χ3n) is 3.61. The van der Waals surface area contributed by atoms with Gasteiger partial charge in [0.2, 0.25) is 5.91 Å². The molecule has 1 heterocycles. The second kappa shape index (κ2) is 8.10. The molecule has 0 aliphatic carbocycles. The first-order chi connectivity index (χ1) is 10.0. The number of anilines is 1. The van der Waals surface area contributed by atoms with Crippen LogP contribution < -0.4 is 4.90 Å². The number of carboxylic acids is 1. The molecule has 1 atom stereocenters. The zero-order valence-corrected chi connectivity index (χ0v) is 13.2. The third-order valence-corrected chi connectivity index (χ3v) is 3.61. The van der Waals surface area contributed by atoms with Crippen molar-refractivity contribution in [1.29, 1.82) is 0 Å². The topological polar surface area (TPSA) is 60.9 Å². The molecule has 1 aromatic carbocycles. The van der Waals surface area contributed by atoms with Gasteiger partial charge < -0.3 is 10.0 Å². The summed E-state index contributed by atoms with van der Waals surface area (Å²) in [5.74, 6) is -1.62. The number of nitrogens with zero attached hydrogens (tertiary/aromatic N) is 2. The number of aliphatic carboxylic acids is 1. The van der Waals surface area contributed by atoms with E-state index in [2.05, 4.69) is 0 Å². The number of halogens is 2. The van der Waals surface area contributed by atoms with Gasteiger partial charge >= 0.3 is 5.97 Å². The van der Waals surface area contributed by atoms with E-state index in [4.69, 9.17) is 5.11 Å². The maximum Gasteiger partial charge on any atom is 0.317 e. The number of hydrogen-bond acceptors (Lipinski definition) is 3. The van der Waals surface area contributed by atoms with Crippen molar-refractivity contribution in [1.82, 2.24) is 4.90 Å². The molecule has 0 bridgehead atoms. The van der Waals surface area contributed by atoms with E-state index in [1.165, 1.54) is 11.0 Å². The maximum absolute atomic E-state index is 13.8. The Kier molecular flexibility index (Phi) is 6.77. The Morgan fingerprint density at radius 1 is 1.45 bits per heavy atom. The first-order valence-electron chi connectivity index (χ1n) is 7.06. The second-order valence-corrected chi connectivity index (χ2v) is 5.11. The van der Waals surface area contributed by atoms with Crippen molar-refractivity contribution in [2.45, 2.75) is 25.8 Å². The molecule has 7 heteroatoms. The zero-order chi connectivity index (χ0) is 15.4. The molecule has 1 N–H and O–H groups in total. The number of carbonyl (C=O) groups is 2. The van der Waals surface area contributed by atoms with Gasteiger partial charge in [-0.25, -0.2) is 4.39 Å². The highest BCUT2D eigenvalue weighted by Gasteiger charge is 2.37. The second-order valence-electron chi connectivity index (χ2n) is 5.11. The normalized spacial score (nSPS) is 17.7. The smallest absolute Gasteiger partial charge is 0.317 e. The van der Waals surface area contributed by atoms with Crippen molar-refractivity contribution in [3.63, 3.8) is 0 Å². The van der Waals surface area contributed by atoms with Crippen LogP contribution in [0.4, 0.5) is 10.1 Å². The quantitative estimate of drug-likeness (QED) is 0.868. The lowest BCUT2D eigenvalue weighted by Gasteiger charge is -2.26. The summed E-state index contributed by atoms with van der Waals surface area (Å²) in [6.45, 7) is 2.70. The van der Waals surface area contributed by atoms with E-state index < -0.39 is 17.8 Å². The van der Waals surface area contributed by atoms with E-state index in [1.807, 2.05) is 6.92 Å². The average Bonchev–Trinajstić information content (AvgIpc) is 2.80. The van der Waals surface area contributed by atoms with Crippen molar-refractivity contribution in [2.24, 2.45) is 0 Å². The molecule has 1 aliphatic heterocycles. The first kappa shape index (κ1) is 18.4. The minimum atomic E-state index is -0.958. The lowest BCUT2D eigenvalue weighted by atomic mass is 10.2. The van der Waals surface area contributed by atoms with E-state index in [0.29, 0.717) is 19.5 Å². The van der Waals surface area contributed by atoms with Crippen LogP contribution in [0.15, 0.2) is 24.3 Å². The van der Waals surface area contributed by atoms with Crippen LogP contribution >= 0.6 is 12.4 Å². The molecule has 1 aliphatic rings. The molecule has 0 spiro atoms. The Morgan fingerprint density at radius 2 is 2.14 bits per heavy atom. The van der Waals surface area contributed by atoms with Crippen LogP contribution in [0.3, 0.4) is 0 Å². The van der Waals surface area contributed by atoms with Gasteiger partial charge in [0.15, 0.2) is 0 Å². The van der Waals surface area contributed by atoms with Gasteiger partial charge in [-0.15, -0.1) is 12.4 Å². The maximum atomic E-state index is 13.8. The minimum Gasteiger partial charge on any atom is -0.480 e. The van der Waals surface area contributed by atoms with Crippen molar-refractivity contribution in [2.75, 3.05) is 24.5 Å². The van der Waals surface area contributed by atoms with Crippen molar-refractivity contribution in [3.8, 4) is 0 Å². The predicted molar refractivity (Wildman–Crippen MR) is 83.9 cm³/mol. The van der Waals surface area contributed by atoms with Gasteiger partial charge in [-0.2, -0.15) is 0 Å². The fourth-order valence-corrected chi connectivity index (χ4v) is 2.72. The molecule has 0 saturated carbocycles. The molecule has 1 saturated heterocycles. The fourth-order valence-electron chi connectivity index (χ4n) is 2.72. The van der Waals surface area contributed by atoms with Gasteiger partial charge in [-0.1, -0.05) is 19.1 Å². The van der Waals surface area contributed by atoms with Gasteiger partial charge in [0.25, 0.3) is 0 Å². The molecular formula is C15H20ClFN2O3. The summed E-state index contributed by atoms with van der Waals surface area (Å²) >= 11 is 0. The van der Waals surface area contributed by atoms with E-state index in [9.17, 15) is 14.0 Å². The molecule has 5 nitrogen and oxygen atoms in total. The summed E-state index contributed by atoms with van der Waals surface area (Å²) in [5.41, 5.74) is 0.261. The molecular weight excluding hydrogens is 311 g/mol. The number of rotatable bonds is 6.